The van der Waals surface area contributed by atoms with Gasteiger partial charge >= 0.3 is 0 Å². The number of benzene rings is 3. The number of hydrogen-bond acceptors (Lipinski definition) is 5. The van der Waals surface area contributed by atoms with Crippen molar-refractivity contribution in [2.75, 3.05) is 13.3 Å². The monoisotopic (exact) mass is 426 g/mol. The van der Waals surface area contributed by atoms with Gasteiger partial charge in [0, 0.05) is 31.7 Å². The summed E-state index contributed by atoms with van der Waals surface area (Å²) >= 11 is 0. The first-order chi connectivity index (χ1) is 15.8. The molecule has 0 unspecified atom stereocenters. The van der Waals surface area contributed by atoms with Gasteiger partial charge in [-0.3, -0.25) is 4.79 Å². The molecule has 32 heavy (non-hydrogen) atoms. The molecule has 1 amide bonds. The number of hydrogen-bond donors (Lipinski definition) is 2. The molecule has 0 bridgehead atoms. The summed E-state index contributed by atoms with van der Waals surface area (Å²) in [5.74, 6) is 2.46. The molecular weight excluding hydrogens is 404 g/mol. The van der Waals surface area contributed by atoms with Crippen LogP contribution in [0.3, 0.4) is 0 Å². The Hall–Kier alpha value is -3.84. The van der Waals surface area contributed by atoms with Crippen molar-refractivity contribution in [3.05, 3.63) is 77.4 Å². The Morgan fingerprint density at radius 1 is 0.969 bits per heavy atom. The highest BCUT2D eigenvalue weighted by Crippen LogP contribution is 2.32. The zero-order chi connectivity index (χ0) is 21.5. The van der Waals surface area contributed by atoms with Crippen molar-refractivity contribution in [3.63, 3.8) is 0 Å². The Morgan fingerprint density at radius 2 is 1.78 bits per heavy atom. The molecule has 3 heterocycles. The Kier molecular flexibility index (Phi) is 4.54. The number of imidazole rings is 1. The highest BCUT2D eigenvalue weighted by atomic mass is 16.7. The van der Waals surface area contributed by atoms with Crippen molar-refractivity contribution in [2.24, 2.45) is 0 Å². The molecule has 0 saturated carbocycles. The Balaban J connectivity index is 1.19. The second kappa shape index (κ2) is 7.69. The maximum atomic E-state index is 12.4. The van der Waals surface area contributed by atoms with E-state index in [0.717, 1.165) is 52.6 Å². The SMILES string of the molecule is O=C1NCCn2c(-c3ccc(CNCc4ccc5c(c4)OCO5)cc3)nc3cccc1c32. The predicted molar refractivity (Wildman–Crippen MR) is 121 cm³/mol. The van der Waals surface area contributed by atoms with Crippen molar-refractivity contribution in [3.8, 4) is 22.9 Å². The minimum absolute atomic E-state index is 0.0373. The zero-order valence-electron chi connectivity index (χ0n) is 17.4. The normalized spacial score (nSPS) is 14.4. The van der Waals surface area contributed by atoms with Gasteiger partial charge < -0.3 is 24.7 Å². The number of ether oxygens (including phenoxy) is 2. The minimum Gasteiger partial charge on any atom is -0.454 e. The summed E-state index contributed by atoms with van der Waals surface area (Å²) < 4.78 is 13.0. The van der Waals surface area contributed by atoms with E-state index in [1.807, 2.05) is 30.3 Å². The van der Waals surface area contributed by atoms with Gasteiger partial charge in [0.15, 0.2) is 11.5 Å². The number of para-hydroxylation sites is 1. The smallest absolute Gasteiger partial charge is 0.253 e. The number of nitrogens with one attached hydrogen (secondary N) is 2. The van der Waals surface area contributed by atoms with Crippen LogP contribution in [0, 0.1) is 0 Å². The van der Waals surface area contributed by atoms with Gasteiger partial charge in [0.2, 0.25) is 6.79 Å². The largest absolute Gasteiger partial charge is 0.454 e. The van der Waals surface area contributed by atoms with E-state index in [0.29, 0.717) is 25.4 Å². The molecule has 0 radical (unpaired) electrons. The van der Waals surface area contributed by atoms with E-state index >= 15 is 0 Å². The number of fused-ring (bicyclic) bond motifs is 1. The fraction of sp³-hybridized carbons (Fsp3) is 0.200. The first-order valence-corrected chi connectivity index (χ1v) is 10.7. The number of aromatic nitrogens is 2. The lowest BCUT2D eigenvalue weighted by atomic mass is 10.1. The molecule has 2 N–H and O–H groups in total. The molecule has 0 saturated heterocycles. The molecule has 0 spiro atoms. The second-order valence-corrected chi connectivity index (χ2v) is 8.00. The highest BCUT2D eigenvalue weighted by Gasteiger charge is 2.21. The molecule has 3 aromatic carbocycles. The van der Waals surface area contributed by atoms with Crippen LogP contribution in [0.25, 0.3) is 22.4 Å². The summed E-state index contributed by atoms with van der Waals surface area (Å²) in [5, 5.41) is 6.44. The lowest BCUT2D eigenvalue weighted by Crippen LogP contribution is -2.24. The van der Waals surface area contributed by atoms with E-state index < -0.39 is 0 Å². The van der Waals surface area contributed by atoms with E-state index in [1.54, 1.807) is 0 Å². The van der Waals surface area contributed by atoms with E-state index in [1.165, 1.54) is 5.56 Å². The molecule has 7 heteroatoms. The van der Waals surface area contributed by atoms with Crippen LogP contribution in [-0.4, -0.2) is 28.8 Å². The standard InChI is InChI=1S/C25H22N4O3/c30-25-19-2-1-3-20-23(19)29(11-10-27-25)24(28-20)18-7-4-16(5-8-18)13-26-14-17-6-9-21-22(12-17)32-15-31-21/h1-9,12,26H,10-11,13-15H2,(H,27,30). The average molecular weight is 426 g/mol. The highest BCUT2D eigenvalue weighted by molar-refractivity contribution is 6.06. The van der Waals surface area contributed by atoms with Gasteiger partial charge in [-0.05, 0) is 35.4 Å². The molecule has 160 valence electrons. The first-order valence-electron chi connectivity index (χ1n) is 10.7. The van der Waals surface area contributed by atoms with Crippen LogP contribution in [-0.2, 0) is 19.6 Å². The Bertz CT molecular complexity index is 1330. The molecule has 4 aromatic rings. The van der Waals surface area contributed by atoms with E-state index in [-0.39, 0.29) is 5.91 Å². The summed E-state index contributed by atoms with van der Waals surface area (Å²) in [6.45, 7) is 3.09. The van der Waals surface area contributed by atoms with Gasteiger partial charge in [0.1, 0.15) is 5.82 Å². The maximum absolute atomic E-state index is 12.4. The third-order valence-corrected chi connectivity index (χ3v) is 5.94. The maximum Gasteiger partial charge on any atom is 0.253 e. The summed E-state index contributed by atoms with van der Waals surface area (Å²) in [6.07, 6.45) is 0. The van der Waals surface area contributed by atoms with Gasteiger partial charge in [0.25, 0.3) is 5.91 Å². The zero-order valence-corrected chi connectivity index (χ0v) is 17.4. The second-order valence-electron chi connectivity index (χ2n) is 8.00. The van der Waals surface area contributed by atoms with Gasteiger partial charge in [-0.15, -0.1) is 0 Å². The van der Waals surface area contributed by atoms with Crippen LogP contribution < -0.4 is 20.1 Å². The molecule has 2 aliphatic rings. The Labute approximate surface area is 185 Å². The topological polar surface area (TPSA) is 77.4 Å². The summed E-state index contributed by atoms with van der Waals surface area (Å²) in [6, 6.07) is 20.2. The van der Waals surface area contributed by atoms with Crippen molar-refractivity contribution in [2.45, 2.75) is 19.6 Å². The van der Waals surface area contributed by atoms with Crippen LogP contribution in [0.4, 0.5) is 0 Å². The number of nitrogens with zero attached hydrogens (tertiary/aromatic N) is 2. The molecule has 7 nitrogen and oxygen atoms in total. The molecule has 1 aromatic heterocycles. The summed E-state index contributed by atoms with van der Waals surface area (Å²) in [4.78, 5) is 17.2. The molecule has 0 atom stereocenters. The lowest BCUT2D eigenvalue weighted by Gasteiger charge is -2.09. The van der Waals surface area contributed by atoms with Crippen LogP contribution in [0.2, 0.25) is 0 Å². The van der Waals surface area contributed by atoms with Crippen LogP contribution in [0.15, 0.2) is 60.7 Å². The molecule has 6 rings (SSSR count). The number of carbonyl (C=O) groups excluding carboxylic acids is 1. The van der Waals surface area contributed by atoms with Gasteiger partial charge in [0.05, 0.1) is 16.6 Å². The van der Waals surface area contributed by atoms with Crippen molar-refractivity contribution < 1.29 is 14.3 Å². The third-order valence-electron chi connectivity index (χ3n) is 5.94. The van der Waals surface area contributed by atoms with Gasteiger partial charge in [-0.2, -0.15) is 0 Å². The van der Waals surface area contributed by atoms with Gasteiger partial charge in [-0.25, -0.2) is 4.98 Å². The molecular formula is C25H22N4O3. The van der Waals surface area contributed by atoms with Crippen LogP contribution in [0.1, 0.15) is 21.5 Å². The fourth-order valence-corrected chi connectivity index (χ4v) is 4.36. The van der Waals surface area contributed by atoms with Crippen molar-refractivity contribution in [1.29, 1.82) is 0 Å². The number of carbonyl (C=O) groups is 1. The number of amides is 1. The minimum atomic E-state index is -0.0373. The average Bonchev–Trinajstić information content (AvgIpc) is 3.39. The van der Waals surface area contributed by atoms with E-state index in [2.05, 4.69) is 45.5 Å². The molecule has 0 aliphatic carbocycles. The summed E-state index contributed by atoms with van der Waals surface area (Å²) in [5.41, 5.74) is 5.84. The van der Waals surface area contributed by atoms with Crippen LogP contribution in [0.5, 0.6) is 11.5 Å². The van der Waals surface area contributed by atoms with Gasteiger partial charge in [-0.1, -0.05) is 36.4 Å². The Morgan fingerprint density at radius 3 is 2.69 bits per heavy atom. The fourth-order valence-electron chi connectivity index (χ4n) is 4.36. The predicted octanol–water partition coefficient (Wildman–Crippen LogP) is 3.47. The quantitative estimate of drug-likeness (QED) is 0.511. The van der Waals surface area contributed by atoms with Crippen molar-refractivity contribution in [1.82, 2.24) is 20.2 Å². The van der Waals surface area contributed by atoms with Crippen molar-refractivity contribution >= 4 is 16.9 Å². The molecule has 2 aliphatic heterocycles. The lowest BCUT2D eigenvalue weighted by molar-refractivity contribution is 0.0956. The molecule has 0 fully saturated rings. The first kappa shape index (κ1) is 18.9. The van der Waals surface area contributed by atoms with Crippen LogP contribution >= 0.6 is 0 Å². The van der Waals surface area contributed by atoms with E-state index in [4.69, 9.17) is 14.5 Å². The van der Waals surface area contributed by atoms with E-state index in [9.17, 15) is 4.79 Å². The third kappa shape index (κ3) is 3.27. The number of rotatable bonds is 5. The summed E-state index contributed by atoms with van der Waals surface area (Å²) in [7, 11) is 0.